The molecular formula is C11H7FO4S. The van der Waals surface area contributed by atoms with Crippen LogP contribution in [0.2, 0.25) is 0 Å². The highest BCUT2D eigenvalue weighted by molar-refractivity contribution is 7.99. The van der Waals surface area contributed by atoms with Gasteiger partial charge in [-0.1, -0.05) is 12.1 Å². The maximum atomic E-state index is 13.4. The van der Waals surface area contributed by atoms with E-state index in [4.69, 9.17) is 5.11 Å². The van der Waals surface area contributed by atoms with Crippen molar-refractivity contribution in [2.45, 2.75) is 4.90 Å². The van der Waals surface area contributed by atoms with E-state index in [2.05, 4.69) is 0 Å². The van der Waals surface area contributed by atoms with Gasteiger partial charge in [-0.05, 0) is 6.07 Å². The van der Waals surface area contributed by atoms with Gasteiger partial charge in [0.15, 0.2) is 5.78 Å². The van der Waals surface area contributed by atoms with Crippen LogP contribution in [0.3, 0.4) is 0 Å². The van der Waals surface area contributed by atoms with Crippen LogP contribution < -0.4 is 0 Å². The van der Waals surface area contributed by atoms with E-state index in [1.165, 1.54) is 18.2 Å². The summed E-state index contributed by atoms with van der Waals surface area (Å²) in [6, 6.07) is 3.98. The Kier molecular flexibility index (Phi) is 2.97. The molecule has 0 spiro atoms. The summed E-state index contributed by atoms with van der Waals surface area (Å²) in [7, 11) is 0. The maximum Gasteiger partial charge on any atom is 0.372 e. The van der Waals surface area contributed by atoms with Crippen LogP contribution in [0.5, 0.6) is 0 Å². The lowest BCUT2D eigenvalue weighted by atomic mass is 9.94. The second-order valence-corrected chi connectivity index (χ2v) is 4.54. The van der Waals surface area contributed by atoms with Crippen LogP contribution in [-0.2, 0) is 9.59 Å². The molecule has 0 saturated carbocycles. The highest BCUT2D eigenvalue weighted by Gasteiger charge is 2.37. The Morgan fingerprint density at radius 3 is 2.76 bits per heavy atom. The number of fused-ring (bicyclic) bond motifs is 1. The van der Waals surface area contributed by atoms with Gasteiger partial charge in [-0.15, -0.1) is 11.8 Å². The molecule has 1 aliphatic rings. The van der Waals surface area contributed by atoms with Crippen molar-refractivity contribution in [1.82, 2.24) is 0 Å². The zero-order valence-corrected chi connectivity index (χ0v) is 9.29. The second kappa shape index (κ2) is 4.29. The van der Waals surface area contributed by atoms with Gasteiger partial charge in [0.25, 0.3) is 5.78 Å². The first-order valence-electron chi connectivity index (χ1n) is 4.75. The number of ketones is 2. The number of hydrogen-bond donors (Lipinski definition) is 1. The zero-order chi connectivity index (χ0) is 12.6. The van der Waals surface area contributed by atoms with E-state index in [9.17, 15) is 18.8 Å². The zero-order valence-electron chi connectivity index (χ0n) is 8.47. The summed E-state index contributed by atoms with van der Waals surface area (Å²) in [6.07, 6.45) is 0. The number of hydrogen-bond acceptors (Lipinski definition) is 4. The molecule has 6 heteroatoms. The molecule has 4 nitrogen and oxygen atoms in total. The Bertz CT molecular complexity index is 526. The number of benzene rings is 1. The van der Waals surface area contributed by atoms with Crippen LogP contribution in [0.15, 0.2) is 23.1 Å². The van der Waals surface area contributed by atoms with Crippen LogP contribution in [0.4, 0.5) is 4.39 Å². The van der Waals surface area contributed by atoms with Crippen LogP contribution in [0.25, 0.3) is 0 Å². The van der Waals surface area contributed by atoms with Crippen molar-refractivity contribution in [1.29, 1.82) is 0 Å². The standard InChI is InChI=1S/C11H7FO4S/c12-7-3-1-2-5-8(13)6(4-17-10(5)7)9(14)11(15)16/h1-3,6H,4H2,(H,15,16). The SMILES string of the molecule is O=C(O)C(=O)C1CSc2c(F)cccc2C1=O. The van der Waals surface area contributed by atoms with Gasteiger partial charge in [-0.2, -0.15) is 0 Å². The Morgan fingerprint density at radius 2 is 2.12 bits per heavy atom. The normalized spacial score (nSPS) is 18.6. The first kappa shape index (κ1) is 11.8. The Hall–Kier alpha value is -1.69. The molecule has 0 saturated heterocycles. The average Bonchev–Trinajstić information content (AvgIpc) is 2.30. The van der Waals surface area contributed by atoms with Gasteiger partial charge >= 0.3 is 5.97 Å². The molecule has 0 radical (unpaired) electrons. The Morgan fingerprint density at radius 1 is 1.41 bits per heavy atom. The number of carboxylic acid groups (broad SMARTS) is 1. The summed E-state index contributed by atoms with van der Waals surface area (Å²) >= 11 is 0.993. The second-order valence-electron chi connectivity index (χ2n) is 3.51. The summed E-state index contributed by atoms with van der Waals surface area (Å²) in [6.45, 7) is 0. The smallest absolute Gasteiger partial charge is 0.372 e. The minimum atomic E-state index is -1.64. The Labute approximate surface area is 99.8 Å². The number of carboxylic acids is 1. The molecule has 1 aliphatic heterocycles. The summed E-state index contributed by atoms with van der Waals surface area (Å²) in [4.78, 5) is 33.9. The van der Waals surface area contributed by atoms with Crippen molar-refractivity contribution in [3.05, 3.63) is 29.6 Å². The fourth-order valence-corrected chi connectivity index (χ4v) is 2.79. The third-order valence-corrected chi connectivity index (χ3v) is 3.67. The molecule has 88 valence electrons. The van der Waals surface area contributed by atoms with Crippen LogP contribution in [0, 0.1) is 11.7 Å². The highest BCUT2D eigenvalue weighted by atomic mass is 32.2. The molecular weight excluding hydrogens is 247 g/mol. The summed E-state index contributed by atoms with van der Waals surface area (Å²) < 4.78 is 13.4. The van der Waals surface area contributed by atoms with Gasteiger partial charge in [0.05, 0.1) is 4.90 Å². The monoisotopic (exact) mass is 254 g/mol. The van der Waals surface area contributed by atoms with Crippen molar-refractivity contribution >= 4 is 29.3 Å². The molecule has 0 aliphatic carbocycles. The molecule has 1 N–H and O–H groups in total. The van der Waals surface area contributed by atoms with Gasteiger partial charge < -0.3 is 5.11 Å². The molecule has 1 aromatic carbocycles. The van der Waals surface area contributed by atoms with Gasteiger partial charge in [0.2, 0.25) is 0 Å². The van der Waals surface area contributed by atoms with Gasteiger partial charge in [0, 0.05) is 11.3 Å². The number of thioether (sulfide) groups is 1. The molecule has 0 amide bonds. The lowest BCUT2D eigenvalue weighted by Gasteiger charge is -2.20. The molecule has 1 atom stereocenters. The molecule has 0 fully saturated rings. The largest absolute Gasteiger partial charge is 0.475 e. The highest BCUT2D eigenvalue weighted by Crippen LogP contribution is 2.35. The van der Waals surface area contributed by atoms with Crippen molar-refractivity contribution in [2.24, 2.45) is 5.92 Å². The topological polar surface area (TPSA) is 71.4 Å². The van der Waals surface area contributed by atoms with E-state index in [0.717, 1.165) is 11.8 Å². The van der Waals surface area contributed by atoms with Crippen LogP contribution in [0.1, 0.15) is 10.4 Å². The predicted octanol–water partition coefficient (Wildman–Crippen LogP) is 1.38. The van der Waals surface area contributed by atoms with Gasteiger partial charge in [0.1, 0.15) is 11.7 Å². The number of Topliss-reactive ketones (excluding diaryl/α,β-unsaturated/α-hetero) is 2. The summed E-state index contributed by atoms with van der Waals surface area (Å²) in [5.41, 5.74) is 0.0841. The quantitative estimate of drug-likeness (QED) is 0.637. The van der Waals surface area contributed by atoms with Crippen molar-refractivity contribution in [3.63, 3.8) is 0 Å². The van der Waals surface area contributed by atoms with E-state index in [0.29, 0.717) is 0 Å². The van der Waals surface area contributed by atoms with E-state index < -0.39 is 29.3 Å². The summed E-state index contributed by atoms with van der Waals surface area (Å²) in [5.74, 6) is -5.17. The maximum absolute atomic E-state index is 13.4. The van der Waals surface area contributed by atoms with Gasteiger partial charge in [-0.3, -0.25) is 9.59 Å². The molecule has 1 unspecified atom stereocenters. The van der Waals surface area contributed by atoms with E-state index in [1.54, 1.807) is 0 Å². The van der Waals surface area contributed by atoms with Crippen molar-refractivity contribution < 1.29 is 23.9 Å². The fourth-order valence-electron chi connectivity index (χ4n) is 1.62. The average molecular weight is 254 g/mol. The van der Waals surface area contributed by atoms with E-state index in [-0.39, 0.29) is 16.2 Å². The first-order chi connectivity index (χ1) is 8.02. The summed E-state index contributed by atoms with van der Waals surface area (Å²) in [5, 5.41) is 8.57. The van der Waals surface area contributed by atoms with Gasteiger partial charge in [-0.25, -0.2) is 9.18 Å². The fraction of sp³-hybridized carbons (Fsp3) is 0.182. The number of halogens is 1. The third-order valence-electron chi connectivity index (χ3n) is 2.47. The van der Waals surface area contributed by atoms with Crippen molar-refractivity contribution in [2.75, 3.05) is 5.75 Å². The lowest BCUT2D eigenvalue weighted by molar-refractivity contribution is -0.150. The van der Waals surface area contributed by atoms with E-state index >= 15 is 0 Å². The number of aliphatic carboxylic acids is 1. The van der Waals surface area contributed by atoms with Crippen molar-refractivity contribution in [3.8, 4) is 0 Å². The number of carbonyl (C=O) groups is 3. The molecule has 1 aromatic rings. The lowest BCUT2D eigenvalue weighted by Crippen LogP contribution is -2.34. The first-order valence-corrected chi connectivity index (χ1v) is 5.73. The minimum Gasteiger partial charge on any atom is -0.475 e. The minimum absolute atomic E-state index is 0.0299. The van der Waals surface area contributed by atoms with Crippen LogP contribution in [-0.4, -0.2) is 28.4 Å². The molecule has 17 heavy (non-hydrogen) atoms. The van der Waals surface area contributed by atoms with Crippen LogP contribution >= 0.6 is 11.8 Å². The molecule has 1 heterocycles. The molecule has 0 bridgehead atoms. The van der Waals surface area contributed by atoms with E-state index in [1.807, 2.05) is 0 Å². The predicted molar refractivity (Wildman–Crippen MR) is 57.6 cm³/mol. The number of carbonyl (C=O) groups excluding carboxylic acids is 2. The Balaban J connectivity index is 2.40. The third kappa shape index (κ3) is 1.95. The molecule has 2 rings (SSSR count). The number of rotatable bonds is 2. The molecule has 0 aromatic heterocycles.